The normalized spacial score (nSPS) is 14.0. The van der Waals surface area contributed by atoms with Crippen LogP contribution in [-0.4, -0.2) is 4.83 Å². The molecule has 3 heteroatoms. The molecule has 0 aliphatic rings. The van der Waals surface area contributed by atoms with Gasteiger partial charge in [-0.3, -0.25) is 0 Å². The number of halogens is 3. The molecule has 1 aromatic carbocycles. The molecule has 0 bridgehead atoms. The van der Waals surface area contributed by atoms with Crippen molar-refractivity contribution in [1.29, 1.82) is 0 Å². The summed E-state index contributed by atoms with van der Waals surface area (Å²) in [6, 6.07) is 5.81. The van der Waals surface area contributed by atoms with Gasteiger partial charge in [-0.2, -0.15) is 0 Å². The predicted molar refractivity (Wildman–Crippen MR) is 72.3 cm³/mol. The average molecular weight is 310 g/mol. The van der Waals surface area contributed by atoms with Gasteiger partial charge in [-0.15, -0.1) is 0 Å². The van der Waals surface area contributed by atoms with Crippen LogP contribution in [0.15, 0.2) is 18.2 Å². The summed E-state index contributed by atoms with van der Waals surface area (Å²) in [6.07, 6.45) is 0.959. The molecule has 1 unspecified atom stereocenters. The second kappa shape index (κ2) is 5.07. The van der Waals surface area contributed by atoms with Crippen LogP contribution < -0.4 is 0 Å². The Bertz CT molecular complexity index is 342. The molecule has 1 rings (SSSR count). The van der Waals surface area contributed by atoms with Gasteiger partial charge in [0.2, 0.25) is 0 Å². The van der Waals surface area contributed by atoms with Gasteiger partial charge in [-0.25, -0.2) is 0 Å². The molecule has 0 amide bonds. The highest BCUT2D eigenvalue weighted by atomic mass is 79.9. The fourth-order valence-corrected chi connectivity index (χ4v) is 1.87. The molecule has 0 saturated heterocycles. The quantitative estimate of drug-likeness (QED) is 0.646. The van der Waals surface area contributed by atoms with Gasteiger partial charge in [0.1, 0.15) is 0 Å². The van der Waals surface area contributed by atoms with Crippen LogP contribution in [0.4, 0.5) is 0 Å². The second-order valence-electron chi connectivity index (χ2n) is 4.79. The first kappa shape index (κ1) is 13.3. The first-order chi connectivity index (χ1) is 6.80. The Morgan fingerprint density at radius 2 is 1.80 bits per heavy atom. The maximum Gasteiger partial charge on any atom is 0.0595 e. The lowest BCUT2D eigenvalue weighted by Gasteiger charge is -2.25. The van der Waals surface area contributed by atoms with Crippen LogP contribution in [0.2, 0.25) is 10.0 Å². The summed E-state index contributed by atoms with van der Waals surface area (Å²) in [5, 5.41) is 1.24. The third-order valence-electron chi connectivity index (χ3n) is 2.34. The Morgan fingerprint density at radius 1 is 1.20 bits per heavy atom. The monoisotopic (exact) mass is 308 g/mol. The first-order valence-electron chi connectivity index (χ1n) is 4.88. The molecule has 0 fully saturated rings. The third-order valence-corrected chi connectivity index (χ3v) is 4.77. The topological polar surface area (TPSA) is 0 Å². The van der Waals surface area contributed by atoms with E-state index in [1.165, 1.54) is 5.56 Å². The van der Waals surface area contributed by atoms with Crippen molar-refractivity contribution >= 4 is 39.1 Å². The van der Waals surface area contributed by atoms with E-state index in [0.29, 0.717) is 14.9 Å². The Kier molecular flexibility index (Phi) is 4.51. The molecule has 0 saturated carbocycles. The van der Waals surface area contributed by atoms with E-state index >= 15 is 0 Å². The van der Waals surface area contributed by atoms with Crippen LogP contribution in [0.3, 0.4) is 0 Å². The molecule has 0 nitrogen and oxygen atoms in total. The summed E-state index contributed by atoms with van der Waals surface area (Å²) >= 11 is 15.5. The fourth-order valence-electron chi connectivity index (χ4n) is 1.18. The molecule has 0 radical (unpaired) electrons. The fraction of sp³-hybridized carbons (Fsp3) is 0.500. The Hall–Kier alpha value is 0.280. The summed E-state index contributed by atoms with van der Waals surface area (Å²) in [5.41, 5.74) is 1.45. The van der Waals surface area contributed by atoms with Gasteiger partial charge in [0.15, 0.2) is 0 Å². The number of alkyl halides is 1. The van der Waals surface area contributed by atoms with E-state index in [-0.39, 0.29) is 5.41 Å². The minimum absolute atomic E-state index is 0.242. The van der Waals surface area contributed by atoms with Crippen LogP contribution in [0.5, 0.6) is 0 Å². The van der Waals surface area contributed by atoms with Gasteiger partial charge >= 0.3 is 0 Å². The highest BCUT2D eigenvalue weighted by molar-refractivity contribution is 9.09. The van der Waals surface area contributed by atoms with Gasteiger partial charge in [0.25, 0.3) is 0 Å². The zero-order chi connectivity index (χ0) is 11.6. The molecule has 0 aliphatic heterocycles. The van der Waals surface area contributed by atoms with Gasteiger partial charge < -0.3 is 0 Å². The van der Waals surface area contributed by atoms with Crippen LogP contribution in [0.1, 0.15) is 26.3 Å². The molecular formula is C12H15BrCl2. The standard InChI is InChI=1S/C12H15BrCl2/c1-12(2,3)11(13)7-8-4-5-9(14)10(15)6-8/h4-6,11H,7H2,1-3H3. The molecule has 84 valence electrons. The van der Waals surface area contributed by atoms with Gasteiger partial charge in [-0.1, -0.05) is 66.0 Å². The maximum absolute atomic E-state index is 5.96. The molecule has 1 atom stereocenters. The Morgan fingerprint density at radius 3 is 2.27 bits per heavy atom. The molecular weight excluding hydrogens is 295 g/mol. The summed E-state index contributed by atoms with van der Waals surface area (Å²) < 4.78 is 0. The van der Waals surface area contributed by atoms with Crippen LogP contribution >= 0.6 is 39.1 Å². The Balaban J connectivity index is 2.78. The second-order valence-corrected chi connectivity index (χ2v) is 6.71. The van der Waals surface area contributed by atoms with Crippen molar-refractivity contribution in [3.63, 3.8) is 0 Å². The number of hydrogen-bond acceptors (Lipinski definition) is 0. The minimum Gasteiger partial charge on any atom is -0.0881 e. The van der Waals surface area contributed by atoms with E-state index in [0.717, 1.165) is 6.42 Å². The Labute approximate surface area is 110 Å². The number of hydrogen-bond donors (Lipinski definition) is 0. The minimum atomic E-state index is 0.242. The van der Waals surface area contributed by atoms with Crippen molar-refractivity contribution in [3.8, 4) is 0 Å². The number of rotatable bonds is 2. The van der Waals surface area contributed by atoms with Crippen LogP contribution in [0.25, 0.3) is 0 Å². The highest BCUT2D eigenvalue weighted by Crippen LogP contribution is 2.30. The lowest BCUT2D eigenvalue weighted by molar-refractivity contribution is 0.398. The van der Waals surface area contributed by atoms with Crippen molar-refractivity contribution in [2.45, 2.75) is 32.0 Å². The van der Waals surface area contributed by atoms with Crippen LogP contribution in [0, 0.1) is 5.41 Å². The van der Waals surface area contributed by atoms with Crippen molar-refractivity contribution in [1.82, 2.24) is 0 Å². The van der Waals surface area contributed by atoms with Gasteiger partial charge in [0, 0.05) is 4.83 Å². The van der Waals surface area contributed by atoms with E-state index in [2.05, 4.69) is 36.7 Å². The summed E-state index contributed by atoms with van der Waals surface area (Å²) in [5.74, 6) is 0. The predicted octanol–water partition coefficient (Wildman–Crippen LogP) is 5.35. The summed E-state index contributed by atoms with van der Waals surface area (Å²) in [4.78, 5) is 0.433. The SMILES string of the molecule is CC(C)(C)C(Br)Cc1ccc(Cl)c(Cl)c1. The van der Waals surface area contributed by atoms with E-state index in [1.807, 2.05) is 18.2 Å². The zero-order valence-electron chi connectivity index (χ0n) is 9.15. The molecule has 0 aromatic heterocycles. The first-order valence-corrected chi connectivity index (χ1v) is 6.56. The average Bonchev–Trinajstić information content (AvgIpc) is 2.10. The third kappa shape index (κ3) is 3.97. The van der Waals surface area contributed by atoms with Crippen molar-refractivity contribution in [3.05, 3.63) is 33.8 Å². The maximum atomic E-state index is 5.96. The molecule has 15 heavy (non-hydrogen) atoms. The lowest BCUT2D eigenvalue weighted by Crippen LogP contribution is -2.22. The molecule has 0 spiro atoms. The summed E-state index contributed by atoms with van der Waals surface area (Å²) in [7, 11) is 0. The molecule has 1 aromatic rings. The van der Waals surface area contributed by atoms with E-state index in [9.17, 15) is 0 Å². The number of benzene rings is 1. The highest BCUT2D eigenvalue weighted by Gasteiger charge is 2.21. The van der Waals surface area contributed by atoms with Gasteiger partial charge in [-0.05, 0) is 29.5 Å². The van der Waals surface area contributed by atoms with E-state index < -0.39 is 0 Å². The molecule has 0 N–H and O–H groups in total. The van der Waals surface area contributed by atoms with Crippen molar-refractivity contribution in [2.24, 2.45) is 5.41 Å². The summed E-state index contributed by atoms with van der Waals surface area (Å²) in [6.45, 7) is 6.64. The molecule has 0 heterocycles. The van der Waals surface area contributed by atoms with Gasteiger partial charge in [0.05, 0.1) is 10.0 Å². The van der Waals surface area contributed by atoms with Crippen molar-refractivity contribution < 1.29 is 0 Å². The van der Waals surface area contributed by atoms with Crippen molar-refractivity contribution in [2.75, 3.05) is 0 Å². The smallest absolute Gasteiger partial charge is 0.0595 e. The van der Waals surface area contributed by atoms with E-state index in [1.54, 1.807) is 0 Å². The van der Waals surface area contributed by atoms with E-state index in [4.69, 9.17) is 23.2 Å². The largest absolute Gasteiger partial charge is 0.0881 e. The lowest BCUT2D eigenvalue weighted by atomic mass is 9.88. The van der Waals surface area contributed by atoms with Crippen LogP contribution in [-0.2, 0) is 6.42 Å². The molecule has 0 aliphatic carbocycles. The zero-order valence-corrected chi connectivity index (χ0v) is 12.2.